The molecule has 1 N–H and O–H groups in total. The number of carbonyl (C=O) groups excluding carboxylic acids is 1. The van der Waals surface area contributed by atoms with Gasteiger partial charge in [-0.3, -0.25) is 4.79 Å². The van der Waals surface area contributed by atoms with Gasteiger partial charge in [0.25, 0.3) is 6.43 Å². The van der Waals surface area contributed by atoms with Crippen LogP contribution in [0, 0.1) is 5.82 Å². The number of amides is 1. The van der Waals surface area contributed by atoms with Gasteiger partial charge in [0, 0.05) is 11.1 Å². The quantitative estimate of drug-likeness (QED) is 0.887. The van der Waals surface area contributed by atoms with E-state index in [1.807, 2.05) is 0 Å². The van der Waals surface area contributed by atoms with Crippen LogP contribution < -0.4 is 5.32 Å². The normalized spacial score (nSPS) is 11.7. The summed E-state index contributed by atoms with van der Waals surface area (Å²) in [7, 11) is 0. The fourth-order valence-electron chi connectivity index (χ4n) is 1.58. The fourth-order valence-corrected chi connectivity index (χ4v) is 1.58. The molecule has 0 aliphatic heterocycles. The van der Waals surface area contributed by atoms with E-state index in [1.54, 1.807) is 20.8 Å². The van der Waals surface area contributed by atoms with Crippen LogP contribution in [0.4, 0.5) is 13.2 Å². The Morgan fingerprint density at radius 3 is 2.44 bits per heavy atom. The summed E-state index contributed by atoms with van der Waals surface area (Å²) in [5.74, 6) is -1.03. The Balaban J connectivity index is 2.89. The van der Waals surface area contributed by atoms with Gasteiger partial charge in [0.05, 0.1) is 6.42 Å². The minimum absolute atomic E-state index is 0.0201. The Labute approximate surface area is 104 Å². The van der Waals surface area contributed by atoms with Crippen LogP contribution in [0.5, 0.6) is 0 Å². The molecule has 1 amide bonds. The van der Waals surface area contributed by atoms with Crippen molar-refractivity contribution in [2.75, 3.05) is 0 Å². The number of nitrogens with one attached hydrogen (secondary N) is 1. The molecule has 0 bridgehead atoms. The van der Waals surface area contributed by atoms with Crippen LogP contribution in [-0.2, 0) is 11.2 Å². The molecule has 2 nitrogen and oxygen atoms in total. The van der Waals surface area contributed by atoms with E-state index < -0.39 is 23.7 Å². The Kier molecular flexibility index (Phi) is 4.38. The number of carbonyl (C=O) groups is 1. The molecule has 0 aliphatic rings. The summed E-state index contributed by atoms with van der Waals surface area (Å²) in [5.41, 5.74) is -0.734. The van der Waals surface area contributed by atoms with E-state index in [0.717, 1.165) is 18.2 Å². The van der Waals surface area contributed by atoms with Gasteiger partial charge in [-0.1, -0.05) is 6.07 Å². The Morgan fingerprint density at radius 1 is 1.33 bits per heavy atom. The van der Waals surface area contributed by atoms with Gasteiger partial charge in [-0.2, -0.15) is 0 Å². The summed E-state index contributed by atoms with van der Waals surface area (Å²) in [6.45, 7) is 5.35. The maximum Gasteiger partial charge on any atom is 0.264 e. The smallest absolute Gasteiger partial charge is 0.264 e. The first kappa shape index (κ1) is 14.5. The van der Waals surface area contributed by atoms with E-state index in [-0.39, 0.29) is 17.5 Å². The summed E-state index contributed by atoms with van der Waals surface area (Å²) in [5, 5.41) is 2.65. The summed E-state index contributed by atoms with van der Waals surface area (Å²) in [6, 6.07) is 2.95. The standard InChI is InChI=1S/C13H16F3NO/c1-13(2,3)17-11(18)7-8-6-9(14)4-5-10(8)12(15)16/h4-6,12H,7H2,1-3H3,(H,17,18). The summed E-state index contributed by atoms with van der Waals surface area (Å²) >= 11 is 0. The predicted octanol–water partition coefficient (Wildman–Crippen LogP) is 3.22. The molecule has 5 heteroatoms. The molecule has 1 rings (SSSR count). The van der Waals surface area contributed by atoms with Crippen molar-refractivity contribution in [1.82, 2.24) is 5.32 Å². The number of alkyl halides is 2. The Morgan fingerprint density at radius 2 is 1.94 bits per heavy atom. The lowest BCUT2D eigenvalue weighted by Gasteiger charge is -2.21. The van der Waals surface area contributed by atoms with Gasteiger partial charge < -0.3 is 5.32 Å². The Hall–Kier alpha value is -1.52. The first-order chi connectivity index (χ1) is 8.19. The van der Waals surface area contributed by atoms with Crippen LogP contribution in [0.25, 0.3) is 0 Å². The van der Waals surface area contributed by atoms with Crippen LogP contribution in [0.3, 0.4) is 0 Å². The zero-order valence-corrected chi connectivity index (χ0v) is 10.6. The molecule has 0 atom stereocenters. The van der Waals surface area contributed by atoms with Crippen LogP contribution in [0.2, 0.25) is 0 Å². The average Bonchev–Trinajstić information content (AvgIpc) is 2.13. The molecule has 1 aromatic rings. The van der Waals surface area contributed by atoms with Gasteiger partial charge in [-0.25, -0.2) is 13.2 Å². The third kappa shape index (κ3) is 4.39. The second-order valence-electron chi connectivity index (χ2n) is 5.12. The van der Waals surface area contributed by atoms with Crippen molar-refractivity contribution in [3.8, 4) is 0 Å². The van der Waals surface area contributed by atoms with E-state index in [1.165, 1.54) is 0 Å². The Bertz CT molecular complexity index is 438. The molecule has 0 heterocycles. The maximum atomic E-state index is 13.0. The maximum absolute atomic E-state index is 13.0. The molecule has 0 radical (unpaired) electrons. The van der Waals surface area contributed by atoms with E-state index in [4.69, 9.17) is 0 Å². The highest BCUT2D eigenvalue weighted by Gasteiger charge is 2.18. The molecule has 0 saturated heterocycles. The van der Waals surface area contributed by atoms with E-state index in [9.17, 15) is 18.0 Å². The lowest BCUT2D eigenvalue weighted by Crippen LogP contribution is -2.41. The summed E-state index contributed by atoms with van der Waals surface area (Å²) < 4.78 is 38.4. The highest BCUT2D eigenvalue weighted by atomic mass is 19.3. The largest absolute Gasteiger partial charge is 0.351 e. The molecule has 18 heavy (non-hydrogen) atoms. The van der Waals surface area contributed by atoms with E-state index in [0.29, 0.717) is 0 Å². The van der Waals surface area contributed by atoms with Crippen molar-refractivity contribution < 1.29 is 18.0 Å². The zero-order chi connectivity index (χ0) is 13.9. The van der Waals surface area contributed by atoms with Gasteiger partial charge in [0.2, 0.25) is 5.91 Å². The molecule has 0 aromatic heterocycles. The van der Waals surface area contributed by atoms with E-state index in [2.05, 4.69) is 5.32 Å². The first-order valence-electron chi connectivity index (χ1n) is 5.56. The van der Waals surface area contributed by atoms with Gasteiger partial charge in [0.1, 0.15) is 5.82 Å². The monoisotopic (exact) mass is 259 g/mol. The SMILES string of the molecule is CC(C)(C)NC(=O)Cc1cc(F)ccc1C(F)F. The average molecular weight is 259 g/mol. The topological polar surface area (TPSA) is 29.1 Å². The second-order valence-corrected chi connectivity index (χ2v) is 5.12. The highest BCUT2D eigenvalue weighted by molar-refractivity contribution is 5.79. The number of hydrogen-bond acceptors (Lipinski definition) is 1. The summed E-state index contributed by atoms with van der Waals surface area (Å²) in [6.07, 6.45) is -2.97. The first-order valence-corrected chi connectivity index (χ1v) is 5.56. The highest BCUT2D eigenvalue weighted by Crippen LogP contribution is 2.24. The molecular weight excluding hydrogens is 243 g/mol. The molecule has 0 saturated carbocycles. The van der Waals surface area contributed by atoms with Gasteiger partial charge in [0.15, 0.2) is 0 Å². The number of rotatable bonds is 3. The number of benzene rings is 1. The van der Waals surface area contributed by atoms with Gasteiger partial charge in [-0.15, -0.1) is 0 Å². The van der Waals surface area contributed by atoms with Crippen molar-refractivity contribution in [3.63, 3.8) is 0 Å². The predicted molar refractivity (Wildman–Crippen MR) is 63.0 cm³/mol. The van der Waals surface area contributed by atoms with Crippen molar-refractivity contribution in [1.29, 1.82) is 0 Å². The van der Waals surface area contributed by atoms with Crippen LogP contribution in [-0.4, -0.2) is 11.4 Å². The minimum Gasteiger partial charge on any atom is -0.351 e. The van der Waals surface area contributed by atoms with Gasteiger partial charge in [-0.05, 0) is 38.5 Å². The molecule has 0 spiro atoms. The molecule has 1 aromatic carbocycles. The van der Waals surface area contributed by atoms with Crippen molar-refractivity contribution in [2.45, 2.75) is 39.2 Å². The van der Waals surface area contributed by atoms with Crippen molar-refractivity contribution >= 4 is 5.91 Å². The number of hydrogen-bond donors (Lipinski definition) is 1. The number of halogens is 3. The molecule has 0 fully saturated rings. The third-order valence-electron chi connectivity index (χ3n) is 2.21. The van der Waals surface area contributed by atoms with Gasteiger partial charge >= 0.3 is 0 Å². The molecule has 100 valence electrons. The third-order valence-corrected chi connectivity index (χ3v) is 2.21. The molecule has 0 aliphatic carbocycles. The minimum atomic E-state index is -2.72. The van der Waals surface area contributed by atoms with Crippen molar-refractivity contribution in [2.24, 2.45) is 0 Å². The zero-order valence-electron chi connectivity index (χ0n) is 10.6. The second kappa shape index (κ2) is 5.42. The van der Waals surface area contributed by atoms with Crippen LogP contribution >= 0.6 is 0 Å². The summed E-state index contributed by atoms with van der Waals surface area (Å²) in [4.78, 5) is 11.6. The van der Waals surface area contributed by atoms with E-state index >= 15 is 0 Å². The van der Waals surface area contributed by atoms with Crippen molar-refractivity contribution in [3.05, 3.63) is 35.1 Å². The molecular formula is C13H16F3NO. The molecule has 0 unspecified atom stereocenters. The lowest BCUT2D eigenvalue weighted by molar-refractivity contribution is -0.121. The van der Waals surface area contributed by atoms with Crippen LogP contribution in [0.15, 0.2) is 18.2 Å². The lowest BCUT2D eigenvalue weighted by atomic mass is 10.0. The van der Waals surface area contributed by atoms with Crippen LogP contribution in [0.1, 0.15) is 38.3 Å². The fraction of sp³-hybridized carbons (Fsp3) is 0.462.